The fourth-order valence-corrected chi connectivity index (χ4v) is 3.93. The summed E-state index contributed by atoms with van der Waals surface area (Å²) in [4.78, 5) is 12.3. The highest BCUT2D eigenvalue weighted by atomic mass is 35.5. The number of hydrogen-bond acceptors (Lipinski definition) is 5. The van der Waals surface area contributed by atoms with Crippen LogP contribution in [0.3, 0.4) is 0 Å². The number of hydrogen-bond donors (Lipinski definition) is 1. The maximum atomic E-state index is 12.3. The summed E-state index contributed by atoms with van der Waals surface area (Å²) in [5.41, 5.74) is 0.518. The molecule has 1 aromatic heterocycles. The van der Waals surface area contributed by atoms with Crippen LogP contribution in [0.4, 0.5) is 5.69 Å². The zero-order valence-electron chi connectivity index (χ0n) is 15.9. The van der Waals surface area contributed by atoms with Gasteiger partial charge in [0.25, 0.3) is 0 Å². The number of ether oxygens (including phenoxy) is 1. The number of halogens is 2. The van der Waals surface area contributed by atoms with E-state index >= 15 is 0 Å². The van der Waals surface area contributed by atoms with Gasteiger partial charge in [0.1, 0.15) is 5.75 Å². The minimum absolute atomic E-state index is 0.172. The smallest absolute Gasteiger partial charge is 0.234 e. The normalized spacial score (nSPS) is 11.9. The predicted octanol–water partition coefficient (Wildman–Crippen LogP) is 5.48. The minimum atomic E-state index is -0.277. The first-order valence-corrected chi connectivity index (χ1v) is 10.7. The number of nitrogens with zero attached hydrogens (tertiary/aromatic N) is 3. The average molecular weight is 451 g/mol. The van der Waals surface area contributed by atoms with Gasteiger partial charge in [-0.2, -0.15) is 0 Å². The molecule has 9 heteroatoms. The van der Waals surface area contributed by atoms with Crippen molar-refractivity contribution in [2.24, 2.45) is 0 Å². The highest BCUT2D eigenvalue weighted by Crippen LogP contribution is 2.27. The molecule has 1 heterocycles. The van der Waals surface area contributed by atoms with Gasteiger partial charge in [-0.3, -0.25) is 4.79 Å². The van der Waals surface area contributed by atoms with Crippen molar-refractivity contribution in [2.75, 3.05) is 11.1 Å². The monoisotopic (exact) mass is 450 g/mol. The largest absolute Gasteiger partial charge is 0.483 e. The summed E-state index contributed by atoms with van der Waals surface area (Å²) in [6.45, 7) is 4.59. The number of thioether (sulfide) groups is 1. The van der Waals surface area contributed by atoms with E-state index in [4.69, 9.17) is 27.9 Å². The van der Waals surface area contributed by atoms with Crippen molar-refractivity contribution in [3.63, 3.8) is 0 Å². The van der Waals surface area contributed by atoms with Crippen molar-refractivity contribution in [1.29, 1.82) is 0 Å². The molecule has 0 saturated carbocycles. The molecule has 0 aliphatic rings. The standard InChI is InChI=1S/C20H20Cl2N4O2S/c1-3-26-19(13(2)28-15-7-5-4-6-8-15)24-25-20(26)29-12-18(27)23-17-10-9-14(21)11-16(17)22/h4-11,13H,3,12H2,1-2H3,(H,23,27)/t13-/m1/s1. The third kappa shape index (κ3) is 5.65. The molecule has 0 aliphatic carbocycles. The summed E-state index contributed by atoms with van der Waals surface area (Å²) in [5, 5.41) is 12.8. The van der Waals surface area contributed by atoms with E-state index in [1.807, 2.05) is 48.7 Å². The highest BCUT2D eigenvalue weighted by molar-refractivity contribution is 7.99. The number of rotatable bonds is 8. The van der Waals surface area contributed by atoms with Crippen LogP contribution in [0.5, 0.6) is 5.75 Å². The molecule has 1 amide bonds. The van der Waals surface area contributed by atoms with Gasteiger partial charge in [0.2, 0.25) is 5.91 Å². The van der Waals surface area contributed by atoms with Crippen molar-refractivity contribution in [3.8, 4) is 5.75 Å². The van der Waals surface area contributed by atoms with E-state index in [0.717, 1.165) is 5.75 Å². The number of carbonyl (C=O) groups is 1. The van der Waals surface area contributed by atoms with Crippen molar-refractivity contribution in [2.45, 2.75) is 31.7 Å². The topological polar surface area (TPSA) is 69.0 Å². The minimum Gasteiger partial charge on any atom is -0.483 e. The van der Waals surface area contributed by atoms with Crippen LogP contribution < -0.4 is 10.1 Å². The van der Waals surface area contributed by atoms with Gasteiger partial charge in [-0.25, -0.2) is 0 Å². The molecule has 0 radical (unpaired) electrons. The van der Waals surface area contributed by atoms with E-state index < -0.39 is 0 Å². The van der Waals surface area contributed by atoms with Crippen molar-refractivity contribution >= 4 is 46.6 Å². The Morgan fingerprint density at radius 2 is 1.97 bits per heavy atom. The van der Waals surface area contributed by atoms with Crippen LogP contribution in [0.25, 0.3) is 0 Å². The average Bonchev–Trinajstić information content (AvgIpc) is 3.12. The van der Waals surface area contributed by atoms with Crippen LogP contribution in [-0.4, -0.2) is 26.4 Å². The summed E-state index contributed by atoms with van der Waals surface area (Å²) in [7, 11) is 0. The number of aromatic nitrogens is 3. The van der Waals surface area contributed by atoms with Gasteiger partial charge in [0.15, 0.2) is 17.1 Å². The molecule has 6 nitrogen and oxygen atoms in total. The highest BCUT2D eigenvalue weighted by Gasteiger charge is 2.19. The Hall–Kier alpha value is -2.22. The third-order valence-electron chi connectivity index (χ3n) is 4.02. The van der Waals surface area contributed by atoms with Gasteiger partial charge in [0.05, 0.1) is 16.5 Å². The molecule has 1 N–H and O–H groups in total. The van der Waals surface area contributed by atoms with E-state index in [1.54, 1.807) is 18.2 Å². The van der Waals surface area contributed by atoms with Crippen LogP contribution in [0.1, 0.15) is 25.8 Å². The second kappa shape index (κ2) is 10.0. The summed E-state index contributed by atoms with van der Waals surface area (Å²) in [6, 6.07) is 14.5. The van der Waals surface area contributed by atoms with Gasteiger partial charge >= 0.3 is 0 Å². The Labute approximate surface area is 183 Å². The Kier molecular flexibility index (Phi) is 7.41. The number of para-hydroxylation sites is 1. The fourth-order valence-electron chi connectivity index (χ4n) is 2.67. The maximum Gasteiger partial charge on any atom is 0.234 e. The Morgan fingerprint density at radius 1 is 1.21 bits per heavy atom. The van der Waals surface area contributed by atoms with Crippen molar-refractivity contribution in [1.82, 2.24) is 14.8 Å². The van der Waals surface area contributed by atoms with Crippen molar-refractivity contribution in [3.05, 3.63) is 64.4 Å². The second-order valence-electron chi connectivity index (χ2n) is 6.12. The number of nitrogens with one attached hydrogen (secondary N) is 1. The van der Waals surface area contributed by atoms with E-state index in [-0.39, 0.29) is 17.8 Å². The van der Waals surface area contributed by atoms with Crippen LogP contribution in [0, 0.1) is 0 Å². The molecule has 0 aliphatic heterocycles. The predicted molar refractivity (Wildman–Crippen MR) is 117 cm³/mol. The molecule has 0 unspecified atom stereocenters. The lowest BCUT2D eigenvalue weighted by Crippen LogP contribution is -2.15. The van der Waals surface area contributed by atoms with Gasteiger partial charge in [-0.15, -0.1) is 10.2 Å². The molecule has 152 valence electrons. The van der Waals surface area contributed by atoms with E-state index in [0.29, 0.717) is 33.3 Å². The molecular weight excluding hydrogens is 431 g/mol. The SMILES string of the molecule is CCn1c(SCC(=O)Nc2ccc(Cl)cc2Cl)nnc1[C@@H](C)Oc1ccccc1. The van der Waals surface area contributed by atoms with Crippen molar-refractivity contribution < 1.29 is 9.53 Å². The maximum absolute atomic E-state index is 12.3. The van der Waals surface area contributed by atoms with E-state index in [2.05, 4.69) is 15.5 Å². The number of amides is 1. The Morgan fingerprint density at radius 3 is 2.66 bits per heavy atom. The molecule has 0 fully saturated rings. The molecule has 3 rings (SSSR count). The lowest BCUT2D eigenvalue weighted by atomic mass is 10.3. The molecule has 0 saturated heterocycles. The van der Waals surface area contributed by atoms with Gasteiger partial charge in [0, 0.05) is 11.6 Å². The van der Waals surface area contributed by atoms with Gasteiger partial charge in [-0.05, 0) is 44.2 Å². The second-order valence-corrected chi connectivity index (χ2v) is 7.91. The molecule has 3 aromatic rings. The van der Waals surface area contributed by atoms with Gasteiger partial charge < -0.3 is 14.6 Å². The number of benzene rings is 2. The zero-order valence-corrected chi connectivity index (χ0v) is 18.3. The number of anilines is 1. The Bertz CT molecular complexity index is 982. The van der Waals surface area contributed by atoms with Crippen LogP contribution in [0.15, 0.2) is 53.7 Å². The zero-order chi connectivity index (χ0) is 20.8. The summed E-state index contributed by atoms with van der Waals surface area (Å²) >= 11 is 13.3. The number of carbonyl (C=O) groups excluding carboxylic acids is 1. The summed E-state index contributed by atoms with van der Waals surface area (Å²) in [5.74, 6) is 1.45. The Balaban J connectivity index is 1.63. The molecular formula is C20H20Cl2N4O2S. The molecule has 0 spiro atoms. The lowest BCUT2D eigenvalue weighted by molar-refractivity contribution is -0.113. The molecule has 0 bridgehead atoms. The first-order chi connectivity index (χ1) is 14.0. The molecule has 1 atom stereocenters. The summed E-state index contributed by atoms with van der Waals surface area (Å²) < 4.78 is 7.89. The molecule has 2 aromatic carbocycles. The van der Waals surface area contributed by atoms with E-state index in [9.17, 15) is 4.79 Å². The summed E-state index contributed by atoms with van der Waals surface area (Å²) in [6.07, 6.45) is -0.277. The van der Waals surface area contributed by atoms with Crippen LogP contribution >= 0.6 is 35.0 Å². The first kappa shape index (κ1) is 21.5. The van der Waals surface area contributed by atoms with Gasteiger partial charge in [-0.1, -0.05) is 53.2 Å². The first-order valence-electron chi connectivity index (χ1n) is 9.00. The third-order valence-corrected chi connectivity index (χ3v) is 5.53. The lowest BCUT2D eigenvalue weighted by Gasteiger charge is -2.15. The van der Waals surface area contributed by atoms with Crippen LogP contribution in [-0.2, 0) is 11.3 Å². The fraction of sp³-hybridized carbons (Fsp3) is 0.250. The molecule has 29 heavy (non-hydrogen) atoms. The van der Waals surface area contributed by atoms with Crippen LogP contribution in [0.2, 0.25) is 10.0 Å². The quantitative estimate of drug-likeness (QED) is 0.460. The van der Waals surface area contributed by atoms with E-state index in [1.165, 1.54) is 11.8 Å².